The number of aliphatic carboxylic acids is 1. The first kappa shape index (κ1) is 11.9. The van der Waals surface area contributed by atoms with Crippen molar-refractivity contribution in [1.82, 2.24) is 0 Å². The summed E-state index contributed by atoms with van der Waals surface area (Å²) in [7, 11) is 1.57. The predicted octanol–water partition coefficient (Wildman–Crippen LogP) is 1.31. The maximum absolute atomic E-state index is 11.2. The van der Waals surface area contributed by atoms with Gasteiger partial charge in [-0.1, -0.05) is 6.07 Å². The minimum absolute atomic E-state index is 0.0878. The molecule has 0 spiro atoms. The van der Waals surface area contributed by atoms with Gasteiger partial charge in [0, 0.05) is 12.1 Å². The van der Waals surface area contributed by atoms with E-state index in [1.54, 1.807) is 7.11 Å². The second kappa shape index (κ2) is 4.75. The molecule has 0 aliphatic heterocycles. The van der Waals surface area contributed by atoms with Gasteiger partial charge >= 0.3 is 5.97 Å². The van der Waals surface area contributed by atoms with E-state index in [2.05, 4.69) is 0 Å². The van der Waals surface area contributed by atoms with Crippen LogP contribution >= 0.6 is 0 Å². The number of nitrogens with two attached hydrogens (primary N) is 1. The SMILES string of the molecule is COc1cc2c(cc1C(CN)C(=O)O)CCC2. The molecule has 1 aromatic rings. The molecule has 4 heteroatoms. The van der Waals surface area contributed by atoms with Gasteiger partial charge in [-0.15, -0.1) is 0 Å². The largest absolute Gasteiger partial charge is 0.496 e. The molecular formula is C13H17NO3. The van der Waals surface area contributed by atoms with Crippen molar-refractivity contribution in [2.24, 2.45) is 5.73 Å². The average molecular weight is 235 g/mol. The third kappa shape index (κ3) is 2.13. The van der Waals surface area contributed by atoms with Crippen LogP contribution in [0.4, 0.5) is 0 Å². The fourth-order valence-corrected chi connectivity index (χ4v) is 2.43. The van der Waals surface area contributed by atoms with Crippen molar-refractivity contribution in [2.75, 3.05) is 13.7 Å². The van der Waals surface area contributed by atoms with Gasteiger partial charge in [-0.2, -0.15) is 0 Å². The second-order valence-electron chi connectivity index (χ2n) is 4.34. The Hall–Kier alpha value is -1.55. The number of benzene rings is 1. The monoisotopic (exact) mass is 235 g/mol. The van der Waals surface area contributed by atoms with Gasteiger partial charge in [-0.25, -0.2) is 0 Å². The molecule has 1 unspecified atom stereocenters. The smallest absolute Gasteiger partial charge is 0.312 e. The molecule has 1 aliphatic carbocycles. The minimum atomic E-state index is -0.899. The Morgan fingerprint density at radius 1 is 1.47 bits per heavy atom. The Bertz CT molecular complexity index is 443. The van der Waals surface area contributed by atoms with E-state index < -0.39 is 11.9 Å². The van der Waals surface area contributed by atoms with E-state index in [0.29, 0.717) is 11.3 Å². The number of carbonyl (C=O) groups is 1. The van der Waals surface area contributed by atoms with Crippen LogP contribution in [-0.4, -0.2) is 24.7 Å². The van der Waals surface area contributed by atoms with Gasteiger partial charge in [-0.3, -0.25) is 4.79 Å². The zero-order valence-electron chi connectivity index (χ0n) is 9.90. The molecular weight excluding hydrogens is 218 g/mol. The normalized spacial score (nSPS) is 15.4. The maximum Gasteiger partial charge on any atom is 0.312 e. The third-order valence-electron chi connectivity index (χ3n) is 3.35. The molecule has 4 nitrogen and oxygen atoms in total. The van der Waals surface area contributed by atoms with Crippen LogP contribution in [0.1, 0.15) is 29.0 Å². The number of ether oxygens (including phenoxy) is 1. The lowest BCUT2D eigenvalue weighted by Crippen LogP contribution is -2.22. The van der Waals surface area contributed by atoms with Crippen LogP contribution < -0.4 is 10.5 Å². The van der Waals surface area contributed by atoms with Gasteiger partial charge in [-0.05, 0) is 36.5 Å². The fraction of sp³-hybridized carbons (Fsp3) is 0.462. The van der Waals surface area contributed by atoms with E-state index in [0.717, 1.165) is 19.3 Å². The Kier molecular flexibility index (Phi) is 3.33. The van der Waals surface area contributed by atoms with Gasteiger partial charge in [0.2, 0.25) is 0 Å². The zero-order chi connectivity index (χ0) is 12.4. The quantitative estimate of drug-likeness (QED) is 0.825. The molecule has 2 rings (SSSR count). The van der Waals surface area contributed by atoms with Gasteiger partial charge in [0.05, 0.1) is 13.0 Å². The summed E-state index contributed by atoms with van der Waals surface area (Å²) in [6, 6.07) is 3.91. The molecule has 0 radical (unpaired) electrons. The Morgan fingerprint density at radius 2 is 2.12 bits per heavy atom. The van der Waals surface area contributed by atoms with E-state index in [-0.39, 0.29) is 6.54 Å². The molecule has 17 heavy (non-hydrogen) atoms. The maximum atomic E-state index is 11.2. The van der Waals surface area contributed by atoms with Crippen molar-refractivity contribution in [2.45, 2.75) is 25.2 Å². The lowest BCUT2D eigenvalue weighted by molar-refractivity contribution is -0.138. The van der Waals surface area contributed by atoms with Crippen molar-refractivity contribution < 1.29 is 14.6 Å². The van der Waals surface area contributed by atoms with Crippen LogP contribution in [0, 0.1) is 0 Å². The van der Waals surface area contributed by atoms with Gasteiger partial charge in [0.1, 0.15) is 5.75 Å². The van der Waals surface area contributed by atoms with Crippen LogP contribution in [-0.2, 0) is 17.6 Å². The highest BCUT2D eigenvalue weighted by atomic mass is 16.5. The number of carboxylic acids is 1. The number of hydrogen-bond acceptors (Lipinski definition) is 3. The molecule has 0 saturated carbocycles. The summed E-state index contributed by atoms with van der Waals surface area (Å²) in [5.41, 5.74) is 8.74. The van der Waals surface area contributed by atoms with E-state index in [1.165, 1.54) is 11.1 Å². The Labute approximate surface area is 100 Å². The Balaban J connectivity index is 2.48. The number of hydrogen-bond donors (Lipinski definition) is 2. The van der Waals surface area contributed by atoms with E-state index >= 15 is 0 Å². The first-order valence-corrected chi connectivity index (χ1v) is 5.80. The molecule has 3 N–H and O–H groups in total. The molecule has 1 aliphatic rings. The van der Waals surface area contributed by atoms with Gasteiger partial charge in [0.25, 0.3) is 0 Å². The van der Waals surface area contributed by atoms with Crippen molar-refractivity contribution in [3.05, 3.63) is 28.8 Å². The summed E-state index contributed by atoms with van der Waals surface area (Å²) in [4.78, 5) is 11.2. The highest BCUT2D eigenvalue weighted by molar-refractivity contribution is 5.78. The highest BCUT2D eigenvalue weighted by Crippen LogP contribution is 2.33. The van der Waals surface area contributed by atoms with E-state index in [1.807, 2.05) is 12.1 Å². The number of aryl methyl sites for hydroxylation is 2. The van der Waals surface area contributed by atoms with E-state index in [9.17, 15) is 4.79 Å². The van der Waals surface area contributed by atoms with Gasteiger partial charge in [0.15, 0.2) is 0 Å². The Morgan fingerprint density at radius 3 is 2.65 bits per heavy atom. The second-order valence-corrected chi connectivity index (χ2v) is 4.34. The number of carboxylic acid groups (broad SMARTS) is 1. The molecule has 0 heterocycles. The molecule has 0 bridgehead atoms. The number of fused-ring (bicyclic) bond motifs is 1. The van der Waals surface area contributed by atoms with Crippen molar-refractivity contribution >= 4 is 5.97 Å². The third-order valence-corrected chi connectivity index (χ3v) is 3.35. The minimum Gasteiger partial charge on any atom is -0.496 e. The predicted molar refractivity (Wildman–Crippen MR) is 64.5 cm³/mol. The van der Waals surface area contributed by atoms with E-state index in [4.69, 9.17) is 15.6 Å². The summed E-state index contributed by atoms with van der Waals surface area (Å²) in [5.74, 6) is -0.942. The molecule has 92 valence electrons. The van der Waals surface area contributed by atoms with Crippen LogP contribution in [0.3, 0.4) is 0 Å². The lowest BCUT2D eigenvalue weighted by atomic mass is 9.94. The fourth-order valence-electron chi connectivity index (χ4n) is 2.43. The summed E-state index contributed by atoms with van der Waals surface area (Å²) < 4.78 is 5.28. The summed E-state index contributed by atoms with van der Waals surface area (Å²) in [6.07, 6.45) is 3.19. The summed E-state index contributed by atoms with van der Waals surface area (Å²) >= 11 is 0. The molecule has 0 aromatic heterocycles. The number of rotatable bonds is 4. The lowest BCUT2D eigenvalue weighted by Gasteiger charge is -2.16. The zero-order valence-corrected chi connectivity index (χ0v) is 9.90. The van der Waals surface area contributed by atoms with Crippen LogP contribution in [0.5, 0.6) is 5.75 Å². The standard InChI is InChI=1S/C13H17NO3/c1-17-12-6-9-4-2-3-8(9)5-10(12)11(7-14)13(15)16/h5-6,11H,2-4,7,14H2,1H3,(H,15,16). The molecule has 0 saturated heterocycles. The average Bonchev–Trinajstić information content (AvgIpc) is 2.75. The van der Waals surface area contributed by atoms with Crippen molar-refractivity contribution in [1.29, 1.82) is 0 Å². The van der Waals surface area contributed by atoms with Crippen LogP contribution in [0.25, 0.3) is 0 Å². The molecule has 0 fully saturated rings. The molecule has 0 amide bonds. The van der Waals surface area contributed by atoms with Gasteiger partial charge < -0.3 is 15.6 Å². The molecule has 1 atom stereocenters. The van der Waals surface area contributed by atoms with Crippen LogP contribution in [0.2, 0.25) is 0 Å². The topological polar surface area (TPSA) is 72.5 Å². The number of methoxy groups -OCH3 is 1. The van der Waals surface area contributed by atoms with Crippen molar-refractivity contribution in [3.63, 3.8) is 0 Å². The molecule has 1 aromatic carbocycles. The van der Waals surface area contributed by atoms with Crippen molar-refractivity contribution in [3.8, 4) is 5.75 Å². The first-order chi connectivity index (χ1) is 8.17. The summed E-state index contributed by atoms with van der Waals surface area (Å²) in [6.45, 7) is 0.0878. The summed E-state index contributed by atoms with van der Waals surface area (Å²) in [5, 5.41) is 9.16. The highest BCUT2D eigenvalue weighted by Gasteiger charge is 2.24. The first-order valence-electron chi connectivity index (χ1n) is 5.80. The van der Waals surface area contributed by atoms with Crippen LogP contribution in [0.15, 0.2) is 12.1 Å².